The number of aryl methyl sites for hydroxylation is 2. The minimum absolute atomic E-state index is 0.384. The molecule has 14 heavy (non-hydrogen) atoms. The molecule has 0 fully saturated rings. The highest BCUT2D eigenvalue weighted by Gasteiger charge is 2.09. The summed E-state index contributed by atoms with van der Waals surface area (Å²) in [6.45, 7) is 2.36. The summed E-state index contributed by atoms with van der Waals surface area (Å²) in [5.41, 5.74) is 7.97. The average Bonchev–Trinajstić information content (AvgIpc) is 2.74. The zero-order chi connectivity index (χ0) is 10.1. The first kappa shape index (κ1) is 8.96. The Morgan fingerprint density at radius 2 is 2.36 bits per heavy atom. The lowest BCUT2D eigenvalue weighted by atomic mass is 10.4. The Morgan fingerprint density at radius 1 is 1.57 bits per heavy atom. The van der Waals surface area contributed by atoms with E-state index in [1.165, 1.54) is 0 Å². The average molecular weight is 192 g/mol. The number of aromatic nitrogens is 3. The molecule has 2 rings (SSSR count). The number of oxazole rings is 1. The molecular formula is C9H12N4O. The van der Waals surface area contributed by atoms with Crippen molar-refractivity contribution in [3.63, 3.8) is 0 Å². The van der Waals surface area contributed by atoms with E-state index in [4.69, 9.17) is 10.2 Å². The summed E-state index contributed by atoms with van der Waals surface area (Å²) in [6.07, 6.45) is 1.55. The third-order valence-electron chi connectivity index (χ3n) is 2.09. The molecule has 0 saturated heterocycles. The van der Waals surface area contributed by atoms with Crippen molar-refractivity contribution < 1.29 is 4.42 Å². The zero-order valence-electron chi connectivity index (χ0n) is 8.19. The standard InChI is InChI=1S/C9H12N4O/c1-6-3-8(12-13(6)2)9-11-7(4-10)5-14-9/h3,5H,4,10H2,1-2H3. The molecule has 0 radical (unpaired) electrons. The lowest BCUT2D eigenvalue weighted by Crippen LogP contribution is -1.96. The quantitative estimate of drug-likeness (QED) is 0.765. The molecule has 0 spiro atoms. The second-order valence-electron chi connectivity index (χ2n) is 3.14. The van der Waals surface area contributed by atoms with E-state index < -0.39 is 0 Å². The van der Waals surface area contributed by atoms with Crippen molar-refractivity contribution in [2.24, 2.45) is 12.8 Å². The van der Waals surface area contributed by atoms with E-state index in [2.05, 4.69) is 10.1 Å². The summed E-state index contributed by atoms with van der Waals surface area (Å²) in [4.78, 5) is 4.19. The predicted octanol–water partition coefficient (Wildman–Crippen LogP) is 0.842. The van der Waals surface area contributed by atoms with Crippen LogP contribution in [0.4, 0.5) is 0 Å². The van der Waals surface area contributed by atoms with Crippen molar-refractivity contribution in [3.05, 3.63) is 23.7 Å². The van der Waals surface area contributed by atoms with Crippen molar-refractivity contribution in [2.75, 3.05) is 0 Å². The zero-order valence-corrected chi connectivity index (χ0v) is 8.19. The molecule has 5 nitrogen and oxygen atoms in total. The largest absolute Gasteiger partial charge is 0.443 e. The first-order valence-corrected chi connectivity index (χ1v) is 4.36. The van der Waals surface area contributed by atoms with Gasteiger partial charge in [-0.15, -0.1) is 0 Å². The van der Waals surface area contributed by atoms with Gasteiger partial charge in [-0.2, -0.15) is 5.10 Å². The van der Waals surface area contributed by atoms with Crippen LogP contribution in [0.3, 0.4) is 0 Å². The van der Waals surface area contributed by atoms with Gasteiger partial charge in [-0.1, -0.05) is 0 Å². The van der Waals surface area contributed by atoms with Gasteiger partial charge in [0.1, 0.15) is 12.0 Å². The molecule has 0 aliphatic carbocycles. The number of nitrogens with two attached hydrogens (primary N) is 1. The number of hydrogen-bond acceptors (Lipinski definition) is 4. The van der Waals surface area contributed by atoms with Crippen LogP contribution in [0.15, 0.2) is 16.7 Å². The number of hydrogen-bond donors (Lipinski definition) is 1. The first-order chi connectivity index (χ1) is 6.70. The van der Waals surface area contributed by atoms with Crippen molar-refractivity contribution in [1.29, 1.82) is 0 Å². The van der Waals surface area contributed by atoms with Gasteiger partial charge in [0.05, 0.1) is 5.69 Å². The second-order valence-corrected chi connectivity index (χ2v) is 3.14. The first-order valence-electron chi connectivity index (χ1n) is 4.36. The fourth-order valence-electron chi connectivity index (χ4n) is 1.18. The predicted molar refractivity (Wildman–Crippen MR) is 51.3 cm³/mol. The van der Waals surface area contributed by atoms with Gasteiger partial charge in [-0.3, -0.25) is 4.68 Å². The molecule has 0 unspecified atom stereocenters. The van der Waals surface area contributed by atoms with Crippen molar-refractivity contribution in [3.8, 4) is 11.6 Å². The molecular weight excluding hydrogens is 180 g/mol. The summed E-state index contributed by atoms with van der Waals surface area (Å²) in [7, 11) is 1.88. The molecule has 0 aromatic carbocycles. The molecule has 2 aromatic heterocycles. The van der Waals surface area contributed by atoms with Gasteiger partial charge >= 0.3 is 0 Å². The van der Waals surface area contributed by atoms with Crippen molar-refractivity contribution >= 4 is 0 Å². The van der Waals surface area contributed by atoms with E-state index in [0.29, 0.717) is 12.4 Å². The molecule has 0 aliphatic heterocycles. The molecule has 0 amide bonds. The fourth-order valence-corrected chi connectivity index (χ4v) is 1.18. The van der Waals surface area contributed by atoms with E-state index in [0.717, 1.165) is 17.1 Å². The highest BCUT2D eigenvalue weighted by molar-refractivity contribution is 5.47. The third-order valence-corrected chi connectivity index (χ3v) is 2.09. The Morgan fingerprint density at radius 3 is 2.86 bits per heavy atom. The van der Waals surface area contributed by atoms with Crippen molar-refractivity contribution in [1.82, 2.24) is 14.8 Å². The summed E-state index contributed by atoms with van der Waals surface area (Å²) < 4.78 is 7.02. The minimum atomic E-state index is 0.384. The Bertz CT molecular complexity index is 424. The molecule has 0 aliphatic rings. The van der Waals surface area contributed by atoms with Crippen LogP contribution < -0.4 is 5.73 Å². The lowest BCUT2D eigenvalue weighted by molar-refractivity contribution is 0.568. The van der Waals surface area contributed by atoms with E-state index in [1.54, 1.807) is 10.9 Å². The molecule has 2 aromatic rings. The highest BCUT2D eigenvalue weighted by Crippen LogP contribution is 2.17. The van der Waals surface area contributed by atoms with Crippen LogP contribution in [-0.2, 0) is 13.6 Å². The molecule has 0 bridgehead atoms. The Balaban J connectivity index is 2.39. The van der Waals surface area contributed by atoms with Crippen LogP contribution in [0.2, 0.25) is 0 Å². The van der Waals surface area contributed by atoms with Crippen LogP contribution in [0.1, 0.15) is 11.4 Å². The van der Waals surface area contributed by atoms with Crippen molar-refractivity contribution in [2.45, 2.75) is 13.5 Å². The summed E-state index contributed by atoms with van der Waals surface area (Å²) >= 11 is 0. The van der Waals surface area contributed by atoms with Crippen LogP contribution in [0.25, 0.3) is 11.6 Å². The molecule has 2 heterocycles. The van der Waals surface area contributed by atoms with Crippen LogP contribution in [-0.4, -0.2) is 14.8 Å². The van der Waals surface area contributed by atoms with Crippen LogP contribution >= 0.6 is 0 Å². The topological polar surface area (TPSA) is 69.9 Å². The summed E-state index contributed by atoms with van der Waals surface area (Å²) in [6, 6.07) is 1.92. The molecule has 2 N–H and O–H groups in total. The Hall–Kier alpha value is -1.62. The van der Waals surface area contributed by atoms with E-state index >= 15 is 0 Å². The van der Waals surface area contributed by atoms with Gasteiger partial charge in [0.2, 0.25) is 5.89 Å². The second kappa shape index (κ2) is 3.26. The molecule has 0 saturated carbocycles. The van der Waals surface area contributed by atoms with E-state index in [1.807, 2.05) is 20.0 Å². The van der Waals surface area contributed by atoms with Gasteiger partial charge < -0.3 is 10.2 Å². The smallest absolute Gasteiger partial charge is 0.247 e. The normalized spacial score (nSPS) is 10.8. The van der Waals surface area contributed by atoms with Gasteiger partial charge in [-0.25, -0.2) is 4.98 Å². The van der Waals surface area contributed by atoms with E-state index in [-0.39, 0.29) is 0 Å². The maximum Gasteiger partial charge on any atom is 0.247 e. The van der Waals surface area contributed by atoms with Crippen LogP contribution in [0.5, 0.6) is 0 Å². The minimum Gasteiger partial charge on any atom is -0.443 e. The maximum atomic E-state index is 5.43. The number of rotatable bonds is 2. The lowest BCUT2D eigenvalue weighted by Gasteiger charge is -1.88. The maximum absolute atomic E-state index is 5.43. The molecule has 0 atom stereocenters. The van der Waals surface area contributed by atoms with E-state index in [9.17, 15) is 0 Å². The van der Waals surface area contributed by atoms with Gasteiger partial charge in [0.25, 0.3) is 0 Å². The molecule has 74 valence electrons. The van der Waals surface area contributed by atoms with Gasteiger partial charge in [0, 0.05) is 19.3 Å². The van der Waals surface area contributed by atoms with Gasteiger partial charge in [0.15, 0.2) is 0 Å². The number of nitrogens with zero attached hydrogens (tertiary/aromatic N) is 3. The fraction of sp³-hybridized carbons (Fsp3) is 0.333. The SMILES string of the molecule is Cc1cc(-c2nc(CN)co2)nn1C. The summed E-state index contributed by atoms with van der Waals surface area (Å²) in [5.74, 6) is 0.522. The van der Waals surface area contributed by atoms with Crippen LogP contribution in [0, 0.1) is 6.92 Å². The highest BCUT2D eigenvalue weighted by atomic mass is 16.3. The van der Waals surface area contributed by atoms with Gasteiger partial charge in [-0.05, 0) is 13.0 Å². The Labute approximate surface area is 81.5 Å². The third kappa shape index (κ3) is 1.42. The Kier molecular flexibility index (Phi) is 2.09. The monoisotopic (exact) mass is 192 g/mol. The summed E-state index contributed by atoms with van der Waals surface area (Å²) in [5, 5.41) is 4.25. The molecule has 5 heteroatoms.